The Labute approximate surface area is 164 Å². The van der Waals surface area contributed by atoms with Crippen LogP contribution in [0.25, 0.3) is 10.2 Å². The minimum absolute atomic E-state index is 0.0365. The monoisotopic (exact) mass is 410 g/mol. The summed E-state index contributed by atoms with van der Waals surface area (Å²) >= 11 is 2.60. The number of urea groups is 1. The van der Waals surface area contributed by atoms with Crippen molar-refractivity contribution in [1.82, 2.24) is 14.9 Å². The van der Waals surface area contributed by atoms with Gasteiger partial charge in [0.15, 0.2) is 5.16 Å². The van der Waals surface area contributed by atoms with E-state index in [0.29, 0.717) is 28.5 Å². The number of fused-ring (bicyclic) bond motifs is 1. The number of hydrogen-bond donors (Lipinski definition) is 2. The second-order valence-electron chi connectivity index (χ2n) is 6.32. The Morgan fingerprint density at radius 1 is 1.48 bits per heavy atom. The first kappa shape index (κ1) is 19.8. The van der Waals surface area contributed by atoms with Gasteiger partial charge in [-0.25, -0.2) is 9.78 Å². The summed E-state index contributed by atoms with van der Waals surface area (Å²) in [5.74, 6) is -0.584. The maximum Gasteiger partial charge on any atom is 0.318 e. The second-order valence-corrected chi connectivity index (χ2v) is 8.46. The van der Waals surface area contributed by atoms with Crippen molar-refractivity contribution in [2.45, 2.75) is 50.9 Å². The molecule has 8 nitrogen and oxygen atoms in total. The molecule has 0 bridgehead atoms. The van der Waals surface area contributed by atoms with Crippen LogP contribution in [0.15, 0.2) is 9.95 Å². The van der Waals surface area contributed by atoms with Crippen LogP contribution in [0.2, 0.25) is 0 Å². The van der Waals surface area contributed by atoms with Crippen LogP contribution in [-0.2, 0) is 22.5 Å². The summed E-state index contributed by atoms with van der Waals surface area (Å²) < 4.78 is 7.29. The number of thioether (sulfide) groups is 1. The molecule has 1 aliphatic heterocycles. The van der Waals surface area contributed by atoms with Crippen LogP contribution in [0.1, 0.15) is 30.2 Å². The van der Waals surface area contributed by atoms with Crippen molar-refractivity contribution < 1.29 is 14.3 Å². The van der Waals surface area contributed by atoms with Crippen LogP contribution in [0.3, 0.4) is 0 Å². The van der Waals surface area contributed by atoms with Gasteiger partial charge in [-0.1, -0.05) is 18.7 Å². The zero-order chi connectivity index (χ0) is 19.6. The molecule has 0 spiro atoms. The largest absolute Gasteiger partial charge is 0.376 e. The van der Waals surface area contributed by atoms with Gasteiger partial charge in [-0.3, -0.25) is 19.5 Å². The standard InChI is InChI=1S/C17H22N4O4S2/c1-3-11-9(2)27-14-13(11)15(23)21(7-10-5-4-6-25-10)17(20-14)26-8-12(22)19-16(18)24/h10H,3-8H2,1-2H3,(H3,18,19,22,24). The molecular weight excluding hydrogens is 388 g/mol. The number of carbonyl (C=O) groups excluding carboxylic acids is 2. The molecular formula is C17H22N4O4S2. The lowest BCUT2D eigenvalue weighted by molar-refractivity contribution is -0.117. The van der Waals surface area contributed by atoms with Gasteiger partial charge in [-0.2, -0.15) is 0 Å². The van der Waals surface area contributed by atoms with Crippen LogP contribution >= 0.6 is 23.1 Å². The zero-order valence-electron chi connectivity index (χ0n) is 15.2. The fourth-order valence-corrected chi connectivity index (χ4v) is 5.19. The predicted molar refractivity (Wildman–Crippen MR) is 105 cm³/mol. The normalized spacial score (nSPS) is 16.7. The molecule has 0 aromatic carbocycles. The molecule has 146 valence electrons. The van der Waals surface area contributed by atoms with E-state index in [1.165, 1.54) is 11.3 Å². The third-order valence-electron chi connectivity index (χ3n) is 4.44. The van der Waals surface area contributed by atoms with Gasteiger partial charge >= 0.3 is 6.03 Å². The average Bonchev–Trinajstić information content (AvgIpc) is 3.22. The number of aryl methyl sites for hydroxylation is 2. The Morgan fingerprint density at radius 2 is 2.26 bits per heavy atom. The summed E-state index contributed by atoms with van der Waals surface area (Å²) in [6.07, 6.45) is 2.58. The molecule has 27 heavy (non-hydrogen) atoms. The highest BCUT2D eigenvalue weighted by Gasteiger charge is 2.23. The van der Waals surface area contributed by atoms with E-state index in [0.717, 1.165) is 41.5 Å². The van der Waals surface area contributed by atoms with E-state index >= 15 is 0 Å². The molecule has 1 aliphatic rings. The van der Waals surface area contributed by atoms with Crippen molar-refractivity contribution in [3.8, 4) is 0 Å². The van der Waals surface area contributed by atoms with E-state index in [-0.39, 0.29) is 17.4 Å². The van der Waals surface area contributed by atoms with Crippen molar-refractivity contribution in [2.24, 2.45) is 5.73 Å². The highest BCUT2D eigenvalue weighted by molar-refractivity contribution is 7.99. The van der Waals surface area contributed by atoms with Crippen LogP contribution in [-0.4, -0.2) is 40.0 Å². The number of nitrogens with zero attached hydrogens (tertiary/aromatic N) is 2. The fraction of sp³-hybridized carbons (Fsp3) is 0.529. The quantitative estimate of drug-likeness (QED) is 0.554. The molecule has 2 aromatic rings. The predicted octanol–water partition coefficient (Wildman–Crippen LogP) is 1.79. The molecule has 0 aliphatic carbocycles. The molecule has 1 unspecified atom stereocenters. The van der Waals surface area contributed by atoms with E-state index in [9.17, 15) is 14.4 Å². The number of rotatable bonds is 6. The fourth-order valence-electron chi connectivity index (χ4n) is 3.22. The molecule has 3 rings (SSSR count). The average molecular weight is 411 g/mol. The van der Waals surface area contributed by atoms with Gasteiger partial charge in [-0.15, -0.1) is 11.3 Å². The summed E-state index contributed by atoms with van der Waals surface area (Å²) in [7, 11) is 0. The van der Waals surface area contributed by atoms with Crippen LogP contribution in [0.4, 0.5) is 4.79 Å². The number of hydrogen-bond acceptors (Lipinski definition) is 7. The summed E-state index contributed by atoms with van der Waals surface area (Å²) in [4.78, 5) is 42.2. The minimum atomic E-state index is -0.901. The van der Waals surface area contributed by atoms with Crippen molar-refractivity contribution in [3.63, 3.8) is 0 Å². The van der Waals surface area contributed by atoms with Gasteiger partial charge in [0.2, 0.25) is 5.91 Å². The lowest BCUT2D eigenvalue weighted by Crippen LogP contribution is -2.36. The number of ether oxygens (including phenoxy) is 1. The maximum atomic E-state index is 13.2. The van der Waals surface area contributed by atoms with E-state index < -0.39 is 11.9 Å². The molecule has 10 heteroatoms. The molecule has 0 radical (unpaired) electrons. The van der Waals surface area contributed by atoms with Gasteiger partial charge < -0.3 is 10.5 Å². The lowest BCUT2D eigenvalue weighted by Gasteiger charge is -2.15. The molecule has 1 fully saturated rings. The smallest absolute Gasteiger partial charge is 0.318 e. The zero-order valence-corrected chi connectivity index (χ0v) is 16.9. The van der Waals surface area contributed by atoms with Gasteiger partial charge in [0.1, 0.15) is 4.83 Å². The number of amides is 3. The Hall–Kier alpha value is -1.91. The van der Waals surface area contributed by atoms with E-state index in [2.05, 4.69) is 4.98 Å². The first-order valence-corrected chi connectivity index (χ1v) is 10.6. The third-order valence-corrected chi connectivity index (χ3v) is 6.45. The highest BCUT2D eigenvalue weighted by atomic mass is 32.2. The SMILES string of the molecule is CCc1c(C)sc2nc(SCC(=O)NC(N)=O)n(CC3CCCO3)c(=O)c12. The Balaban J connectivity index is 1.99. The van der Waals surface area contributed by atoms with Gasteiger partial charge in [0.25, 0.3) is 5.56 Å². The number of primary amides is 1. The number of carbonyl (C=O) groups is 2. The Kier molecular flexibility index (Phi) is 6.18. The molecule has 1 saturated heterocycles. The number of thiophene rings is 1. The van der Waals surface area contributed by atoms with E-state index in [1.54, 1.807) is 4.57 Å². The molecule has 3 N–H and O–H groups in total. The van der Waals surface area contributed by atoms with Gasteiger partial charge in [0, 0.05) is 11.5 Å². The maximum absolute atomic E-state index is 13.2. The van der Waals surface area contributed by atoms with Crippen molar-refractivity contribution in [3.05, 3.63) is 20.8 Å². The van der Waals surface area contributed by atoms with Gasteiger partial charge in [-0.05, 0) is 31.7 Å². The summed E-state index contributed by atoms with van der Waals surface area (Å²) in [5.41, 5.74) is 5.89. The lowest BCUT2D eigenvalue weighted by atomic mass is 10.1. The topological polar surface area (TPSA) is 116 Å². The van der Waals surface area contributed by atoms with E-state index in [4.69, 9.17) is 10.5 Å². The third kappa shape index (κ3) is 4.33. The number of aromatic nitrogens is 2. The first-order valence-electron chi connectivity index (χ1n) is 8.77. The number of nitrogens with one attached hydrogen (secondary N) is 1. The highest BCUT2D eigenvalue weighted by Crippen LogP contribution is 2.30. The second kappa shape index (κ2) is 8.41. The van der Waals surface area contributed by atoms with Crippen LogP contribution < -0.4 is 16.6 Å². The molecule has 3 heterocycles. The molecule has 0 saturated carbocycles. The summed E-state index contributed by atoms with van der Waals surface area (Å²) in [6.45, 7) is 5.10. The Morgan fingerprint density at radius 3 is 2.89 bits per heavy atom. The van der Waals surface area contributed by atoms with Crippen molar-refractivity contribution >= 4 is 45.3 Å². The summed E-state index contributed by atoms with van der Waals surface area (Å²) in [5, 5.41) is 3.13. The first-order chi connectivity index (χ1) is 12.9. The molecule has 3 amide bonds. The van der Waals surface area contributed by atoms with Gasteiger partial charge in [0.05, 0.1) is 23.8 Å². The van der Waals surface area contributed by atoms with Crippen molar-refractivity contribution in [2.75, 3.05) is 12.4 Å². The number of nitrogens with two attached hydrogens (primary N) is 1. The summed E-state index contributed by atoms with van der Waals surface area (Å²) in [6, 6.07) is -0.901. The van der Waals surface area contributed by atoms with Crippen LogP contribution in [0, 0.1) is 6.92 Å². The van der Waals surface area contributed by atoms with Crippen molar-refractivity contribution in [1.29, 1.82) is 0 Å². The van der Waals surface area contributed by atoms with E-state index in [1.807, 2.05) is 19.2 Å². The minimum Gasteiger partial charge on any atom is -0.376 e. The molecule has 1 atom stereocenters. The molecule has 2 aromatic heterocycles. The van der Waals surface area contributed by atoms with Crippen LogP contribution in [0.5, 0.6) is 0 Å². The number of imide groups is 1. The Bertz CT molecular complexity index is 931.